The SMILES string of the molecule is CC(Nc1nccnc1C#N)C(N)=O. The number of carbonyl (C=O) groups is 1. The smallest absolute Gasteiger partial charge is 0.239 e. The minimum absolute atomic E-state index is 0.139. The van der Waals surface area contributed by atoms with Gasteiger partial charge in [0, 0.05) is 12.4 Å². The number of anilines is 1. The Morgan fingerprint density at radius 3 is 2.86 bits per heavy atom. The fourth-order valence-corrected chi connectivity index (χ4v) is 0.802. The van der Waals surface area contributed by atoms with Crippen molar-refractivity contribution >= 4 is 11.7 Å². The van der Waals surface area contributed by atoms with Crippen molar-refractivity contribution < 1.29 is 4.79 Å². The molecule has 1 amide bonds. The molecule has 6 nitrogen and oxygen atoms in total. The topological polar surface area (TPSA) is 105 Å². The van der Waals surface area contributed by atoms with Gasteiger partial charge in [-0.25, -0.2) is 9.97 Å². The van der Waals surface area contributed by atoms with Crippen molar-refractivity contribution in [3.63, 3.8) is 0 Å². The first kappa shape index (κ1) is 9.92. The molecule has 6 heteroatoms. The van der Waals surface area contributed by atoms with E-state index in [-0.39, 0.29) is 11.5 Å². The van der Waals surface area contributed by atoms with Gasteiger partial charge in [0.1, 0.15) is 12.1 Å². The Morgan fingerprint density at radius 1 is 1.64 bits per heavy atom. The monoisotopic (exact) mass is 191 g/mol. The van der Waals surface area contributed by atoms with Gasteiger partial charge in [0.05, 0.1) is 0 Å². The van der Waals surface area contributed by atoms with Crippen molar-refractivity contribution in [2.45, 2.75) is 13.0 Å². The summed E-state index contributed by atoms with van der Waals surface area (Å²) in [5.74, 6) is -0.249. The molecular formula is C8H9N5O. The molecule has 1 aromatic rings. The van der Waals surface area contributed by atoms with E-state index in [0.29, 0.717) is 0 Å². The van der Waals surface area contributed by atoms with Gasteiger partial charge in [0.15, 0.2) is 11.5 Å². The standard InChI is InChI=1S/C8H9N5O/c1-5(7(10)14)13-8-6(4-9)11-2-3-12-8/h2-3,5H,1H3,(H2,10,14)(H,12,13). The lowest BCUT2D eigenvalue weighted by Gasteiger charge is -2.10. The molecule has 1 atom stereocenters. The van der Waals surface area contributed by atoms with E-state index in [1.165, 1.54) is 12.4 Å². The predicted molar refractivity (Wildman–Crippen MR) is 49.0 cm³/mol. The Kier molecular flexibility index (Phi) is 2.97. The number of nitrogens with two attached hydrogens (primary N) is 1. The molecule has 1 rings (SSSR count). The van der Waals surface area contributed by atoms with Crippen LogP contribution in [0.25, 0.3) is 0 Å². The summed E-state index contributed by atoms with van der Waals surface area (Å²) in [6.07, 6.45) is 2.83. The van der Waals surface area contributed by atoms with Gasteiger partial charge in [-0.05, 0) is 6.92 Å². The molecule has 3 N–H and O–H groups in total. The van der Waals surface area contributed by atoms with Gasteiger partial charge in [-0.15, -0.1) is 0 Å². The lowest BCUT2D eigenvalue weighted by Crippen LogP contribution is -2.33. The number of aromatic nitrogens is 2. The maximum atomic E-state index is 10.7. The van der Waals surface area contributed by atoms with Crippen LogP contribution in [0, 0.1) is 11.3 Å². The summed E-state index contributed by atoms with van der Waals surface area (Å²) in [7, 11) is 0. The summed E-state index contributed by atoms with van der Waals surface area (Å²) in [6, 6.07) is 1.27. The first-order valence-electron chi connectivity index (χ1n) is 3.92. The third kappa shape index (κ3) is 2.17. The van der Waals surface area contributed by atoms with Crippen LogP contribution in [-0.2, 0) is 4.79 Å². The van der Waals surface area contributed by atoms with Crippen molar-refractivity contribution in [2.75, 3.05) is 5.32 Å². The lowest BCUT2D eigenvalue weighted by molar-refractivity contribution is -0.118. The van der Waals surface area contributed by atoms with Crippen LogP contribution in [0.3, 0.4) is 0 Å². The quantitative estimate of drug-likeness (QED) is 0.678. The molecule has 0 aliphatic carbocycles. The van der Waals surface area contributed by atoms with Crippen molar-refractivity contribution in [1.82, 2.24) is 9.97 Å². The highest BCUT2D eigenvalue weighted by Gasteiger charge is 2.11. The van der Waals surface area contributed by atoms with Crippen LogP contribution in [0.1, 0.15) is 12.6 Å². The molecule has 0 fully saturated rings. The van der Waals surface area contributed by atoms with Crippen molar-refractivity contribution in [2.24, 2.45) is 5.73 Å². The van der Waals surface area contributed by atoms with E-state index in [1.807, 2.05) is 6.07 Å². The van der Waals surface area contributed by atoms with Crippen LogP contribution >= 0.6 is 0 Å². The third-order valence-corrected chi connectivity index (χ3v) is 1.58. The maximum Gasteiger partial charge on any atom is 0.239 e. The molecule has 14 heavy (non-hydrogen) atoms. The second-order valence-electron chi connectivity index (χ2n) is 2.63. The molecule has 0 bridgehead atoms. The normalized spacial score (nSPS) is 11.4. The van der Waals surface area contributed by atoms with E-state index in [1.54, 1.807) is 6.92 Å². The van der Waals surface area contributed by atoms with Gasteiger partial charge < -0.3 is 11.1 Å². The van der Waals surface area contributed by atoms with Gasteiger partial charge in [0.2, 0.25) is 5.91 Å². The molecule has 1 unspecified atom stereocenters. The second-order valence-corrected chi connectivity index (χ2v) is 2.63. The zero-order valence-corrected chi connectivity index (χ0v) is 7.56. The van der Waals surface area contributed by atoms with Crippen LogP contribution in [0.4, 0.5) is 5.82 Å². The van der Waals surface area contributed by atoms with Crippen LogP contribution in [0.15, 0.2) is 12.4 Å². The summed E-state index contributed by atoms with van der Waals surface area (Å²) in [5.41, 5.74) is 5.18. The molecule has 0 aliphatic rings. The van der Waals surface area contributed by atoms with E-state index in [2.05, 4.69) is 15.3 Å². The number of primary amides is 1. The van der Waals surface area contributed by atoms with Gasteiger partial charge in [0.25, 0.3) is 0 Å². The van der Waals surface area contributed by atoms with Gasteiger partial charge in [-0.2, -0.15) is 5.26 Å². The van der Waals surface area contributed by atoms with E-state index in [4.69, 9.17) is 11.0 Å². The first-order valence-corrected chi connectivity index (χ1v) is 3.92. The Labute approximate surface area is 80.8 Å². The summed E-state index contributed by atoms with van der Waals surface area (Å²) in [4.78, 5) is 18.4. The van der Waals surface area contributed by atoms with Crippen molar-refractivity contribution in [1.29, 1.82) is 5.26 Å². The highest BCUT2D eigenvalue weighted by molar-refractivity contribution is 5.82. The number of amides is 1. The largest absolute Gasteiger partial charge is 0.368 e. The van der Waals surface area contributed by atoms with Crippen LogP contribution in [-0.4, -0.2) is 21.9 Å². The fraction of sp³-hybridized carbons (Fsp3) is 0.250. The Bertz CT molecular complexity index is 384. The number of hydrogen-bond donors (Lipinski definition) is 2. The highest BCUT2D eigenvalue weighted by Crippen LogP contribution is 2.07. The molecule has 1 aromatic heterocycles. The molecule has 0 spiro atoms. The molecule has 72 valence electrons. The van der Waals surface area contributed by atoms with Gasteiger partial charge >= 0.3 is 0 Å². The second kappa shape index (κ2) is 4.18. The van der Waals surface area contributed by atoms with E-state index < -0.39 is 11.9 Å². The predicted octanol–water partition coefficient (Wildman–Crippen LogP) is -0.366. The average molecular weight is 191 g/mol. The molecular weight excluding hydrogens is 182 g/mol. The van der Waals surface area contributed by atoms with Gasteiger partial charge in [-0.1, -0.05) is 0 Å². The third-order valence-electron chi connectivity index (χ3n) is 1.58. The molecule has 0 radical (unpaired) electrons. The fourth-order valence-electron chi connectivity index (χ4n) is 0.802. The summed E-state index contributed by atoms with van der Waals surface area (Å²) >= 11 is 0. The Hall–Kier alpha value is -2.16. The number of hydrogen-bond acceptors (Lipinski definition) is 5. The van der Waals surface area contributed by atoms with E-state index in [9.17, 15) is 4.79 Å². The zero-order chi connectivity index (χ0) is 10.6. The lowest BCUT2D eigenvalue weighted by atomic mass is 10.3. The summed E-state index contributed by atoms with van der Waals surface area (Å²) in [6.45, 7) is 1.58. The van der Waals surface area contributed by atoms with Crippen LogP contribution < -0.4 is 11.1 Å². The van der Waals surface area contributed by atoms with Gasteiger partial charge in [-0.3, -0.25) is 4.79 Å². The summed E-state index contributed by atoms with van der Waals surface area (Å²) in [5, 5.41) is 11.4. The summed E-state index contributed by atoms with van der Waals surface area (Å²) < 4.78 is 0. The molecule has 0 aromatic carbocycles. The Morgan fingerprint density at radius 2 is 2.29 bits per heavy atom. The number of nitrogens with one attached hydrogen (secondary N) is 1. The van der Waals surface area contributed by atoms with E-state index >= 15 is 0 Å². The van der Waals surface area contributed by atoms with E-state index in [0.717, 1.165) is 0 Å². The number of nitriles is 1. The van der Waals surface area contributed by atoms with Crippen molar-refractivity contribution in [3.05, 3.63) is 18.1 Å². The molecule has 0 saturated heterocycles. The first-order chi connectivity index (χ1) is 6.65. The minimum Gasteiger partial charge on any atom is -0.368 e. The van der Waals surface area contributed by atoms with Crippen molar-refractivity contribution in [3.8, 4) is 6.07 Å². The van der Waals surface area contributed by atoms with Crippen LogP contribution in [0.5, 0.6) is 0 Å². The number of carbonyl (C=O) groups excluding carboxylic acids is 1. The van der Waals surface area contributed by atoms with Crippen LogP contribution in [0.2, 0.25) is 0 Å². The maximum absolute atomic E-state index is 10.7. The Balaban J connectivity index is 2.87. The molecule has 1 heterocycles. The highest BCUT2D eigenvalue weighted by atomic mass is 16.1. The molecule has 0 aliphatic heterocycles. The average Bonchev–Trinajstić information content (AvgIpc) is 2.18. The number of nitrogens with zero attached hydrogens (tertiary/aromatic N) is 3. The minimum atomic E-state index is -0.584. The zero-order valence-electron chi connectivity index (χ0n) is 7.56. The molecule has 0 saturated carbocycles. The number of rotatable bonds is 3.